The van der Waals surface area contributed by atoms with E-state index >= 15 is 0 Å². The van der Waals surface area contributed by atoms with Crippen LogP contribution in [0.2, 0.25) is 10.0 Å². The number of halogens is 3. The van der Waals surface area contributed by atoms with E-state index in [2.05, 4.69) is 5.32 Å². The van der Waals surface area contributed by atoms with E-state index in [1.807, 2.05) is 19.9 Å². The van der Waals surface area contributed by atoms with Crippen molar-refractivity contribution in [2.24, 2.45) is 0 Å². The molecule has 168 valence electrons. The van der Waals surface area contributed by atoms with Crippen LogP contribution in [-0.4, -0.2) is 34.6 Å². The molecule has 0 saturated heterocycles. The van der Waals surface area contributed by atoms with Crippen LogP contribution in [0.4, 0.5) is 4.39 Å². The van der Waals surface area contributed by atoms with Gasteiger partial charge in [0, 0.05) is 23.9 Å². The van der Waals surface area contributed by atoms with E-state index in [-0.39, 0.29) is 30.2 Å². The van der Waals surface area contributed by atoms with Gasteiger partial charge in [-0.25, -0.2) is 4.39 Å². The van der Waals surface area contributed by atoms with Crippen LogP contribution in [0, 0.1) is 5.82 Å². The lowest BCUT2D eigenvalue weighted by Crippen LogP contribution is -2.50. The molecule has 0 bridgehead atoms. The maximum atomic E-state index is 14.2. The molecular formula is C23H27Cl2FN2O2S. The monoisotopic (exact) mass is 484 g/mol. The summed E-state index contributed by atoms with van der Waals surface area (Å²) in [5.41, 5.74) is 1.31. The largest absolute Gasteiger partial charge is 0.352 e. The second kappa shape index (κ2) is 12.3. The molecule has 31 heavy (non-hydrogen) atoms. The minimum Gasteiger partial charge on any atom is -0.352 e. The van der Waals surface area contributed by atoms with Crippen LogP contribution >= 0.6 is 35.0 Å². The highest BCUT2D eigenvalue weighted by molar-refractivity contribution is 7.99. The molecule has 0 aliphatic rings. The van der Waals surface area contributed by atoms with Crippen molar-refractivity contribution < 1.29 is 14.0 Å². The second-order valence-electron chi connectivity index (χ2n) is 7.35. The molecule has 0 aliphatic heterocycles. The lowest BCUT2D eigenvalue weighted by molar-refractivity contribution is -0.139. The number of benzene rings is 2. The third-order valence-electron chi connectivity index (χ3n) is 4.95. The molecule has 0 heterocycles. The van der Waals surface area contributed by atoms with E-state index in [0.717, 1.165) is 12.0 Å². The average molecular weight is 485 g/mol. The summed E-state index contributed by atoms with van der Waals surface area (Å²) in [5, 5.41) is 3.83. The zero-order valence-electron chi connectivity index (χ0n) is 17.8. The van der Waals surface area contributed by atoms with Crippen molar-refractivity contribution in [2.75, 3.05) is 5.75 Å². The molecule has 0 aliphatic carbocycles. The first-order valence-electron chi connectivity index (χ1n) is 10.1. The van der Waals surface area contributed by atoms with Crippen LogP contribution < -0.4 is 5.32 Å². The molecule has 0 spiro atoms. The zero-order chi connectivity index (χ0) is 23.0. The van der Waals surface area contributed by atoms with E-state index in [0.29, 0.717) is 21.4 Å². The van der Waals surface area contributed by atoms with Crippen molar-refractivity contribution in [2.45, 2.75) is 51.6 Å². The molecule has 0 fully saturated rings. The molecule has 2 rings (SSSR count). The Kier molecular flexibility index (Phi) is 10.1. The van der Waals surface area contributed by atoms with E-state index in [1.54, 1.807) is 37.3 Å². The Morgan fingerprint density at radius 2 is 1.84 bits per heavy atom. The van der Waals surface area contributed by atoms with Crippen LogP contribution in [0.3, 0.4) is 0 Å². The van der Waals surface area contributed by atoms with Gasteiger partial charge in [0.25, 0.3) is 0 Å². The number of carbonyl (C=O) groups excluding carboxylic acids is 2. The smallest absolute Gasteiger partial charge is 0.242 e. The van der Waals surface area contributed by atoms with Crippen LogP contribution in [-0.2, 0) is 21.9 Å². The van der Waals surface area contributed by atoms with Gasteiger partial charge in [-0.2, -0.15) is 0 Å². The summed E-state index contributed by atoms with van der Waals surface area (Å²) >= 11 is 13.4. The first-order chi connectivity index (χ1) is 14.7. The molecule has 0 saturated carbocycles. The van der Waals surface area contributed by atoms with Crippen molar-refractivity contribution in [1.82, 2.24) is 10.2 Å². The summed E-state index contributed by atoms with van der Waals surface area (Å²) < 4.78 is 14.2. The minimum atomic E-state index is -0.730. The Bertz CT molecular complexity index is 913. The van der Waals surface area contributed by atoms with Gasteiger partial charge in [-0.3, -0.25) is 9.59 Å². The predicted molar refractivity (Wildman–Crippen MR) is 127 cm³/mol. The molecule has 2 aromatic rings. The third kappa shape index (κ3) is 7.70. The van der Waals surface area contributed by atoms with E-state index in [9.17, 15) is 14.0 Å². The Morgan fingerprint density at radius 1 is 1.13 bits per heavy atom. The van der Waals surface area contributed by atoms with Gasteiger partial charge in [0.15, 0.2) is 0 Å². The van der Waals surface area contributed by atoms with E-state index in [4.69, 9.17) is 23.2 Å². The normalized spacial score (nSPS) is 12.8. The quantitative estimate of drug-likeness (QED) is 0.470. The zero-order valence-corrected chi connectivity index (χ0v) is 20.2. The minimum absolute atomic E-state index is 0.00982. The SMILES string of the molecule is CC[C@@H](C)NC(=O)[C@H](C)N(Cc1ccccc1F)C(=O)CSCc1ccc(Cl)c(Cl)c1. The fourth-order valence-corrected chi connectivity index (χ4v) is 4.01. The third-order valence-corrected chi connectivity index (χ3v) is 6.67. The molecule has 8 heteroatoms. The van der Waals surface area contributed by atoms with E-state index in [1.165, 1.54) is 22.7 Å². The predicted octanol–water partition coefficient (Wildman–Crippen LogP) is 5.70. The molecule has 4 nitrogen and oxygen atoms in total. The van der Waals surface area contributed by atoms with Gasteiger partial charge in [-0.1, -0.05) is 54.4 Å². The van der Waals surface area contributed by atoms with Crippen molar-refractivity contribution in [1.29, 1.82) is 0 Å². The molecule has 2 amide bonds. The summed E-state index contributed by atoms with van der Waals surface area (Å²) in [6.07, 6.45) is 0.777. The number of thioether (sulfide) groups is 1. The number of amides is 2. The Morgan fingerprint density at radius 3 is 2.48 bits per heavy atom. The Balaban J connectivity index is 2.10. The van der Waals surface area contributed by atoms with Gasteiger partial charge in [0.2, 0.25) is 11.8 Å². The van der Waals surface area contributed by atoms with Crippen LogP contribution in [0.25, 0.3) is 0 Å². The summed E-state index contributed by atoms with van der Waals surface area (Å²) in [4.78, 5) is 27.1. The molecule has 0 aromatic heterocycles. The highest BCUT2D eigenvalue weighted by Crippen LogP contribution is 2.25. The molecule has 0 radical (unpaired) electrons. The van der Waals surface area contributed by atoms with Crippen LogP contribution in [0.15, 0.2) is 42.5 Å². The molecular weight excluding hydrogens is 458 g/mol. The van der Waals surface area contributed by atoms with Gasteiger partial charge < -0.3 is 10.2 Å². The lowest BCUT2D eigenvalue weighted by Gasteiger charge is -2.29. The van der Waals surface area contributed by atoms with Crippen LogP contribution in [0.5, 0.6) is 0 Å². The first kappa shape index (κ1) is 25.5. The average Bonchev–Trinajstić information content (AvgIpc) is 2.74. The molecule has 2 aromatic carbocycles. The standard InChI is InChI=1S/C23H27Cl2FN2O2S/c1-4-15(2)27-23(30)16(3)28(12-18-7-5-6-8-21(18)26)22(29)14-31-13-17-9-10-19(24)20(25)11-17/h5-11,15-16H,4,12-14H2,1-3H3,(H,27,30)/t15-,16+/m1/s1. The highest BCUT2D eigenvalue weighted by atomic mass is 35.5. The van der Waals surface area contributed by atoms with E-state index < -0.39 is 11.9 Å². The van der Waals surface area contributed by atoms with Gasteiger partial charge in [-0.15, -0.1) is 11.8 Å². The molecule has 0 unspecified atom stereocenters. The first-order valence-corrected chi connectivity index (χ1v) is 12.0. The number of hydrogen-bond donors (Lipinski definition) is 1. The maximum Gasteiger partial charge on any atom is 0.242 e. The van der Waals surface area contributed by atoms with Crippen LogP contribution in [0.1, 0.15) is 38.3 Å². The van der Waals surface area contributed by atoms with Gasteiger partial charge >= 0.3 is 0 Å². The van der Waals surface area contributed by atoms with Crippen molar-refractivity contribution in [3.8, 4) is 0 Å². The summed E-state index contributed by atoms with van der Waals surface area (Å²) in [5.74, 6) is -0.189. The van der Waals surface area contributed by atoms with Gasteiger partial charge in [0.05, 0.1) is 15.8 Å². The topological polar surface area (TPSA) is 49.4 Å². The number of hydrogen-bond acceptors (Lipinski definition) is 3. The number of rotatable bonds is 10. The number of nitrogens with one attached hydrogen (secondary N) is 1. The Hall–Kier alpha value is -1.76. The van der Waals surface area contributed by atoms with Crippen molar-refractivity contribution in [3.63, 3.8) is 0 Å². The van der Waals surface area contributed by atoms with Gasteiger partial charge in [-0.05, 0) is 44.0 Å². The van der Waals surface area contributed by atoms with Gasteiger partial charge in [0.1, 0.15) is 11.9 Å². The van der Waals surface area contributed by atoms with Crippen molar-refractivity contribution >= 4 is 46.8 Å². The molecule has 1 N–H and O–H groups in total. The maximum absolute atomic E-state index is 14.2. The summed E-state index contributed by atoms with van der Waals surface area (Å²) in [6, 6.07) is 10.9. The number of carbonyl (C=O) groups is 2. The lowest BCUT2D eigenvalue weighted by atomic mass is 10.1. The Labute approximate surface area is 197 Å². The summed E-state index contributed by atoms with van der Waals surface area (Å²) in [6.45, 7) is 5.56. The summed E-state index contributed by atoms with van der Waals surface area (Å²) in [7, 11) is 0. The molecule has 2 atom stereocenters. The number of nitrogens with zero attached hydrogens (tertiary/aromatic N) is 1. The van der Waals surface area contributed by atoms with Crippen molar-refractivity contribution in [3.05, 3.63) is 69.5 Å². The fraction of sp³-hybridized carbons (Fsp3) is 0.391. The fourth-order valence-electron chi connectivity index (χ4n) is 2.83. The second-order valence-corrected chi connectivity index (χ2v) is 9.15. The highest BCUT2D eigenvalue weighted by Gasteiger charge is 2.27.